The number of aromatic nitrogens is 2. The lowest BCUT2D eigenvalue weighted by Gasteiger charge is -2.20. The van der Waals surface area contributed by atoms with Crippen LogP contribution in [0.5, 0.6) is 17.2 Å². The lowest BCUT2D eigenvalue weighted by molar-refractivity contribution is -0.139. The number of methoxy groups -OCH3 is 1. The standard InChI is InChI=1S/C22H16ClF4N3O3/c1-12-7-14(9-28)8-16(23)17(12)33-18-19(22(26,27)21(24)25)29-11-30(20(18)31)10-13-3-5-15(32-2)6-4-13/h3-8,11,21H,10H2,1-2H3. The Morgan fingerprint density at radius 3 is 2.42 bits per heavy atom. The van der Waals surface area contributed by atoms with Crippen molar-refractivity contribution in [2.75, 3.05) is 7.11 Å². The Morgan fingerprint density at radius 1 is 1.21 bits per heavy atom. The van der Waals surface area contributed by atoms with Crippen LogP contribution in [0, 0.1) is 18.3 Å². The summed E-state index contributed by atoms with van der Waals surface area (Å²) in [5.74, 6) is -5.53. The van der Waals surface area contributed by atoms with Gasteiger partial charge in [-0.2, -0.15) is 14.0 Å². The minimum atomic E-state index is -4.76. The van der Waals surface area contributed by atoms with E-state index in [-0.39, 0.29) is 28.4 Å². The minimum absolute atomic E-state index is 0.104. The van der Waals surface area contributed by atoms with Crippen LogP contribution in [0.15, 0.2) is 47.5 Å². The molecule has 1 heterocycles. The Hall–Kier alpha value is -3.58. The lowest BCUT2D eigenvalue weighted by Crippen LogP contribution is -2.31. The van der Waals surface area contributed by atoms with Crippen LogP contribution >= 0.6 is 11.6 Å². The number of alkyl halides is 4. The highest BCUT2D eigenvalue weighted by Crippen LogP contribution is 2.40. The zero-order valence-electron chi connectivity index (χ0n) is 17.3. The zero-order chi connectivity index (χ0) is 24.3. The second kappa shape index (κ2) is 9.50. The normalized spacial score (nSPS) is 11.4. The molecular weight excluding hydrogens is 466 g/mol. The van der Waals surface area contributed by atoms with Crippen molar-refractivity contribution in [1.29, 1.82) is 5.26 Å². The molecule has 0 saturated heterocycles. The van der Waals surface area contributed by atoms with Crippen molar-refractivity contribution < 1.29 is 27.0 Å². The molecule has 0 atom stereocenters. The Balaban J connectivity index is 2.13. The molecule has 172 valence electrons. The van der Waals surface area contributed by atoms with E-state index in [1.807, 2.05) is 6.07 Å². The maximum Gasteiger partial charge on any atom is 0.352 e. The molecular formula is C22H16ClF4N3O3. The van der Waals surface area contributed by atoms with Crippen molar-refractivity contribution in [3.63, 3.8) is 0 Å². The van der Waals surface area contributed by atoms with Gasteiger partial charge in [-0.1, -0.05) is 23.7 Å². The largest absolute Gasteiger partial charge is 0.497 e. The van der Waals surface area contributed by atoms with Gasteiger partial charge in [0.25, 0.3) is 5.56 Å². The highest BCUT2D eigenvalue weighted by molar-refractivity contribution is 6.32. The molecule has 0 aliphatic rings. The molecule has 0 radical (unpaired) electrons. The van der Waals surface area contributed by atoms with Gasteiger partial charge in [0.1, 0.15) is 11.5 Å². The Bertz CT molecular complexity index is 1250. The first-order valence-electron chi connectivity index (χ1n) is 9.35. The Morgan fingerprint density at radius 2 is 1.88 bits per heavy atom. The summed E-state index contributed by atoms with van der Waals surface area (Å²) in [6, 6.07) is 10.9. The van der Waals surface area contributed by atoms with Crippen molar-refractivity contribution in [3.05, 3.63) is 80.5 Å². The van der Waals surface area contributed by atoms with Gasteiger partial charge in [0.2, 0.25) is 5.75 Å². The fraction of sp³-hybridized carbons (Fsp3) is 0.227. The Labute approximate surface area is 190 Å². The highest BCUT2D eigenvalue weighted by atomic mass is 35.5. The maximum atomic E-state index is 14.3. The third kappa shape index (κ3) is 4.93. The third-order valence-corrected chi connectivity index (χ3v) is 4.94. The van der Waals surface area contributed by atoms with E-state index in [2.05, 4.69) is 4.98 Å². The van der Waals surface area contributed by atoms with Crippen LogP contribution in [-0.4, -0.2) is 23.1 Å². The molecule has 0 fully saturated rings. The van der Waals surface area contributed by atoms with Gasteiger partial charge in [-0.15, -0.1) is 0 Å². The molecule has 2 aromatic carbocycles. The zero-order valence-corrected chi connectivity index (χ0v) is 18.0. The second-order valence-corrected chi connectivity index (χ2v) is 7.35. The van der Waals surface area contributed by atoms with Crippen molar-refractivity contribution in [2.45, 2.75) is 25.8 Å². The average Bonchev–Trinajstić information content (AvgIpc) is 2.78. The van der Waals surface area contributed by atoms with Crippen LogP contribution in [-0.2, 0) is 12.5 Å². The van der Waals surface area contributed by atoms with Crippen molar-refractivity contribution in [1.82, 2.24) is 9.55 Å². The number of nitriles is 1. The summed E-state index contributed by atoms with van der Waals surface area (Å²) < 4.78 is 66.1. The molecule has 0 aliphatic carbocycles. The van der Waals surface area contributed by atoms with E-state index < -0.39 is 29.4 Å². The van der Waals surface area contributed by atoms with Gasteiger partial charge in [-0.3, -0.25) is 9.36 Å². The fourth-order valence-electron chi connectivity index (χ4n) is 2.97. The van der Waals surface area contributed by atoms with Crippen molar-refractivity contribution in [2.24, 2.45) is 0 Å². The summed E-state index contributed by atoms with van der Waals surface area (Å²) in [5, 5.41) is 8.87. The number of hydrogen-bond acceptors (Lipinski definition) is 5. The number of ether oxygens (including phenoxy) is 2. The van der Waals surface area contributed by atoms with Gasteiger partial charge in [0.05, 0.1) is 36.6 Å². The van der Waals surface area contributed by atoms with E-state index >= 15 is 0 Å². The van der Waals surface area contributed by atoms with Crippen LogP contribution < -0.4 is 15.0 Å². The SMILES string of the molecule is COc1ccc(Cn2cnc(C(F)(F)C(F)F)c(Oc3c(C)cc(C#N)cc3Cl)c2=O)cc1. The molecule has 0 N–H and O–H groups in total. The summed E-state index contributed by atoms with van der Waals surface area (Å²) in [6.45, 7) is 1.35. The summed E-state index contributed by atoms with van der Waals surface area (Å²) >= 11 is 6.09. The summed E-state index contributed by atoms with van der Waals surface area (Å²) in [4.78, 5) is 16.5. The van der Waals surface area contributed by atoms with E-state index in [4.69, 9.17) is 26.3 Å². The molecule has 6 nitrogen and oxygen atoms in total. The number of benzene rings is 2. The molecule has 0 amide bonds. The topological polar surface area (TPSA) is 77.1 Å². The Kier molecular flexibility index (Phi) is 6.93. The van der Waals surface area contributed by atoms with Crippen LogP contribution in [0.1, 0.15) is 22.4 Å². The van der Waals surface area contributed by atoms with Gasteiger partial charge in [0.15, 0.2) is 5.69 Å². The predicted molar refractivity (Wildman–Crippen MR) is 111 cm³/mol. The number of nitrogens with zero attached hydrogens (tertiary/aromatic N) is 3. The van der Waals surface area contributed by atoms with Crippen LogP contribution in [0.3, 0.4) is 0 Å². The van der Waals surface area contributed by atoms with Gasteiger partial charge in [-0.05, 0) is 42.3 Å². The van der Waals surface area contributed by atoms with E-state index in [1.165, 1.54) is 26.2 Å². The molecule has 1 aromatic heterocycles. The molecule has 11 heteroatoms. The van der Waals surface area contributed by atoms with E-state index in [0.717, 1.165) is 10.9 Å². The molecule has 0 unspecified atom stereocenters. The molecule has 0 spiro atoms. The number of halogens is 5. The van der Waals surface area contributed by atoms with E-state index in [9.17, 15) is 22.4 Å². The second-order valence-electron chi connectivity index (χ2n) is 6.95. The number of hydrogen-bond donors (Lipinski definition) is 0. The van der Waals surface area contributed by atoms with Gasteiger partial charge >= 0.3 is 12.3 Å². The number of aryl methyl sites for hydroxylation is 1. The van der Waals surface area contributed by atoms with Crippen LogP contribution in [0.4, 0.5) is 17.6 Å². The molecule has 0 saturated carbocycles. The third-order valence-electron chi connectivity index (χ3n) is 4.66. The summed E-state index contributed by atoms with van der Waals surface area (Å²) in [7, 11) is 1.48. The number of rotatable bonds is 7. The monoisotopic (exact) mass is 481 g/mol. The van der Waals surface area contributed by atoms with E-state index in [0.29, 0.717) is 11.3 Å². The fourth-order valence-corrected chi connectivity index (χ4v) is 3.28. The maximum absolute atomic E-state index is 14.3. The highest BCUT2D eigenvalue weighted by Gasteiger charge is 2.48. The van der Waals surface area contributed by atoms with Crippen molar-refractivity contribution in [3.8, 4) is 23.3 Å². The lowest BCUT2D eigenvalue weighted by atomic mass is 10.1. The minimum Gasteiger partial charge on any atom is -0.497 e. The van der Waals surface area contributed by atoms with Crippen LogP contribution in [0.2, 0.25) is 5.02 Å². The molecule has 0 bridgehead atoms. The quantitative estimate of drug-likeness (QED) is 0.429. The van der Waals surface area contributed by atoms with Crippen molar-refractivity contribution >= 4 is 11.6 Å². The first-order valence-corrected chi connectivity index (χ1v) is 9.73. The average molecular weight is 482 g/mol. The first kappa shape index (κ1) is 24.1. The first-order chi connectivity index (χ1) is 15.6. The van der Waals surface area contributed by atoms with E-state index in [1.54, 1.807) is 24.3 Å². The molecule has 0 aliphatic heterocycles. The summed E-state index contributed by atoms with van der Waals surface area (Å²) in [6.07, 6.45) is -3.39. The smallest absolute Gasteiger partial charge is 0.352 e. The molecule has 3 rings (SSSR count). The van der Waals surface area contributed by atoms with Gasteiger partial charge < -0.3 is 9.47 Å². The predicted octanol–water partition coefficient (Wildman–Crippen LogP) is 5.28. The summed E-state index contributed by atoms with van der Waals surface area (Å²) in [5.41, 5.74) is -1.66. The van der Waals surface area contributed by atoms with Gasteiger partial charge in [0, 0.05) is 0 Å². The van der Waals surface area contributed by atoms with Crippen LogP contribution in [0.25, 0.3) is 0 Å². The molecule has 33 heavy (non-hydrogen) atoms. The van der Waals surface area contributed by atoms with Gasteiger partial charge in [-0.25, -0.2) is 13.8 Å². The molecule has 3 aromatic rings.